The minimum Gasteiger partial charge on any atom is -0.481 e. The number of benzene rings is 1. The second-order valence-corrected chi connectivity index (χ2v) is 6.82. The third-order valence-corrected chi connectivity index (χ3v) is 4.61. The van der Waals surface area contributed by atoms with Gasteiger partial charge in [0.15, 0.2) is 0 Å². The molecule has 1 aromatic carbocycles. The van der Waals surface area contributed by atoms with E-state index in [-0.39, 0.29) is 17.3 Å². The summed E-state index contributed by atoms with van der Waals surface area (Å²) in [6.45, 7) is 2.27. The molecule has 3 N–H and O–H groups in total. The van der Waals surface area contributed by atoms with Gasteiger partial charge in [0.25, 0.3) is 10.0 Å². The van der Waals surface area contributed by atoms with Gasteiger partial charge in [-0.15, -0.1) is 0 Å². The number of sulfonamides is 1. The van der Waals surface area contributed by atoms with E-state index in [1.807, 2.05) is 13.0 Å². The maximum absolute atomic E-state index is 12.1. The van der Waals surface area contributed by atoms with Crippen LogP contribution in [0.15, 0.2) is 28.1 Å². The number of hydrogen-bond donors (Lipinski definition) is 3. The zero-order valence-electron chi connectivity index (χ0n) is 12.3. The molecule has 1 aromatic rings. The zero-order chi connectivity index (χ0) is 16.2. The van der Waals surface area contributed by atoms with Crippen molar-refractivity contribution in [3.63, 3.8) is 0 Å². The van der Waals surface area contributed by atoms with Gasteiger partial charge >= 0.3 is 5.97 Å². The van der Waals surface area contributed by atoms with Crippen LogP contribution in [-0.2, 0) is 14.8 Å². The molecule has 8 heteroatoms. The number of guanidine groups is 1. The molecule has 0 spiro atoms. The first-order valence-electron chi connectivity index (χ1n) is 7.05. The van der Waals surface area contributed by atoms with E-state index in [1.165, 1.54) is 0 Å². The molecule has 0 fully saturated rings. The fourth-order valence-electron chi connectivity index (χ4n) is 2.12. The number of aliphatic imine (C=N–C) groups is 1. The zero-order valence-corrected chi connectivity index (χ0v) is 13.1. The van der Waals surface area contributed by atoms with Gasteiger partial charge in [-0.3, -0.25) is 9.79 Å². The van der Waals surface area contributed by atoms with E-state index in [2.05, 4.69) is 15.0 Å². The molecule has 1 aliphatic rings. The van der Waals surface area contributed by atoms with E-state index >= 15 is 0 Å². The lowest BCUT2D eigenvalue weighted by atomic mass is 10.2. The van der Waals surface area contributed by atoms with Gasteiger partial charge in [0.1, 0.15) is 4.90 Å². The molecule has 0 aliphatic carbocycles. The monoisotopic (exact) mass is 325 g/mol. The van der Waals surface area contributed by atoms with Crippen molar-refractivity contribution in [1.29, 1.82) is 0 Å². The van der Waals surface area contributed by atoms with Crippen molar-refractivity contribution in [2.75, 3.05) is 11.9 Å². The van der Waals surface area contributed by atoms with E-state index in [1.54, 1.807) is 12.1 Å². The lowest BCUT2D eigenvalue weighted by Gasteiger charge is -2.21. The SMILES string of the molecule is Cc1ccc2c(c1)S(=O)(=O)NC(=NCCCCCC(=O)O)N2. The highest BCUT2D eigenvalue weighted by Gasteiger charge is 2.26. The molecule has 0 bridgehead atoms. The van der Waals surface area contributed by atoms with Crippen LogP contribution in [0.3, 0.4) is 0 Å². The maximum atomic E-state index is 12.1. The molecular formula is C14H19N3O4S. The lowest BCUT2D eigenvalue weighted by molar-refractivity contribution is -0.137. The van der Waals surface area contributed by atoms with Crippen LogP contribution >= 0.6 is 0 Å². The molecule has 1 heterocycles. The highest BCUT2D eigenvalue weighted by molar-refractivity contribution is 7.90. The van der Waals surface area contributed by atoms with E-state index in [0.717, 1.165) is 12.0 Å². The Bertz CT molecular complexity index is 698. The van der Waals surface area contributed by atoms with Crippen molar-refractivity contribution < 1.29 is 18.3 Å². The lowest BCUT2D eigenvalue weighted by Crippen LogP contribution is -2.40. The first-order chi connectivity index (χ1) is 10.4. The minimum absolute atomic E-state index is 0.147. The van der Waals surface area contributed by atoms with Gasteiger partial charge in [-0.1, -0.05) is 12.5 Å². The fraction of sp³-hybridized carbons (Fsp3) is 0.429. The van der Waals surface area contributed by atoms with E-state index < -0.39 is 16.0 Å². The van der Waals surface area contributed by atoms with Crippen molar-refractivity contribution in [3.05, 3.63) is 23.8 Å². The Labute approximate surface area is 129 Å². The molecule has 2 rings (SSSR count). The maximum Gasteiger partial charge on any atom is 0.303 e. The molecule has 0 saturated heterocycles. The first kappa shape index (κ1) is 16.3. The average Bonchev–Trinajstić information content (AvgIpc) is 2.43. The van der Waals surface area contributed by atoms with Crippen LogP contribution in [0.1, 0.15) is 31.2 Å². The molecule has 0 aromatic heterocycles. The summed E-state index contributed by atoms with van der Waals surface area (Å²) in [5.74, 6) is -0.602. The van der Waals surface area contributed by atoms with Crippen LogP contribution in [0.5, 0.6) is 0 Å². The first-order valence-corrected chi connectivity index (χ1v) is 8.53. The molecule has 0 unspecified atom stereocenters. The van der Waals surface area contributed by atoms with Crippen LogP contribution in [0.2, 0.25) is 0 Å². The molecule has 0 radical (unpaired) electrons. The van der Waals surface area contributed by atoms with Crippen molar-refractivity contribution >= 4 is 27.6 Å². The molecular weight excluding hydrogens is 306 g/mol. The number of carbonyl (C=O) groups is 1. The Morgan fingerprint density at radius 3 is 2.77 bits per heavy atom. The molecule has 7 nitrogen and oxygen atoms in total. The molecule has 120 valence electrons. The van der Waals surface area contributed by atoms with Gasteiger partial charge in [-0.25, -0.2) is 13.1 Å². The molecule has 0 saturated carbocycles. The number of nitrogens with zero attached hydrogens (tertiary/aromatic N) is 1. The third kappa shape index (κ3) is 4.20. The molecule has 22 heavy (non-hydrogen) atoms. The van der Waals surface area contributed by atoms with Crippen molar-refractivity contribution in [2.45, 2.75) is 37.5 Å². The van der Waals surface area contributed by atoms with E-state index in [9.17, 15) is 13.2 Å². The van der Waals surface area contributed by atoms with Crippen LogP contribution in [0.4, 0.5) is 5.69 Å². The number of nitrogens with one attached hydrogen (secondary N) is 2. The quantitative estimate of drug-likeness (QED) is 0.690. The largest absolute Gasteiger partial charge is 0.481 e. The summed E-state index contributed by atoms with van der Waals surface area (Å²) in [5, 5.41) is 11.5. The Morgan fingerprint density at radius 2 is 2.05 bits per heavy atom. The molecule has 1 aliphatic heterocycles. The third-order valence-electron chi connectivity index (χ3n) is 3.23. The highest BCUT2D eigenvalue weighted by atomic mass is 32.2. The van der Waals surface area contributed by atoms with Gasteiger partial charge < -0.3 is 10.4 Å². The Morgan fingerprint density at radius 1 is 1.27 bits per heavy atom. The van der Waals surface area contributed by atoms with Crippen molar-refractivity contribution in [1.82, 2.24) is 4.72 Å². The summed E-state index contributed by atoms with van der Waals surface area (Å²) >= 11 is 0. The summed E-state index contributed by atoms with van der Waals surface area (Å²) in [7, 11) is -3.59. The number of hydrogen-bond acceptors (Lipinski definition) is 4. The number of aliphatic carboxylic acids is 1. The minimum atomic E-state index is -3.59. The van der Waals surface area contributed by atoms with Gasteiger partial charge in [-0.2, -0.15) is 0 Å². The normalized spacial score (nSPS) is 17.4. The topological polar surface area (TPSA) is 108 Å². The highest BCUT2D eigenvalue weighted by Crippen LogP contribution is 2.25. The standard InChI is InChI=1S/C14H19N3O4S/c1-10-6-7-11-12(9-10)22(20,21)17-14(16-11)15-8-4-2-3-5-13(18)19/h6-7,9H,2-5,8H2,1H3,(H,18,19)(H2,15,16,17). The van der Waals surface area contributed by atoms with E-state index in [0.29, 0.717) is 25.1 Å². The number of anilines is 1. The summed E-state index contributed by atoms with van der Waals surface area (Å²) in [6.07, 6.45) is 2.20. The average molecular weight is 325 g/mol. The Balaban J connectivity index is 1.96. The number of carboxylic acid groups (broad SMARTS) is 1. The smallest absolute Gasteiger partial charge is 0.303 e. The molecule has 0 amide bonds. The second kappa shape index (κ2) is 6.78. The summed E-state index contributed by atoms with van der Waals surface area (Å²) in [4.78, 5) is 14.8. The summed E-state index contributed by atoms with van der Waals surface area (Å²) in [5.41, 5.74) is 1.37. The predicted octanol–water partition coefficient (Wildman–Crippen LogP) is 1.70. The van der Waals surface area contributed by atoms with Gasteiger partial charge in [0.2, 0.25) is 5.96 Å². The fourth-order valence-corrected chi connectivity index (χ4v) is 3.35. The van der Waals surface area contributed by atoms with Crippen LogP contribution in [0.25, 0.3) is 0 Å². The van der Waals surface area contributed by atoms with Gasteiger partial charge in [0.05, 0.1) is 5.69 Å². The van der Waals surface area contributed by atoms with Gasteiger partial charge in [0, 0.05) is 13.0 Å². The van der Waals surface area contributed by atoms with E-state index in [4.69, 9.17) is 5.11 Å². The number of carboxylic acids is 1. The second-order valence-electron chi connectivity index (χ2n) is 5.16. The van der Waals surface area contributed by atoms with Gasteiger partial charge in [-0.05, 0) is 37.5 Å². The van der Waals surface area contributed by atoms with Crippen LogP contribution in [0, 0.1) is 6.92 Å². The Kier molecular flexibility index (Phi) is 5.02. The van der Waals surface area contributed by atoms with Crippen LogP contribution < -0.4 is 10.0 Å². The molecule has 0 atom stereocenters. The number of fused-ring (bicyclic) bond motifs is 1. The number of rotatable bonds is 6. The predicted molar refractivity (Wildman–Crippen MR) is 83.5 cm³/mol. The van der Waals surface area contributed by atoms with Crippen molar-refractivity contribution in [2.24, 2.45) is 4.99 Å². The van der Waals surface area contributed by atoms with Crippen molar-refractivity contribution in [3.8, 4) is 0 Å². The van der Waals surface area contributed by atoms with Crippen LogP contribution in [-0.4, -0.2) is 32.0 Å². The number of unbranched alkanes of at least 4 members (excludes halogenated alkanes) is 2. The Hall–Kier alpha value is -2.09. The summed E-state index contributed by atoms with van der Waals surface area (Å²) in [6, 6.07) is 5.15. The number of aryl methyl sites for hydroxylation is 1. The summed E-state index contributed by atoms with van der Waals surface area (Å²) < 4.78 is 26.7.